The van der Waals surface area contributed by atoms with Crippen LogP contribution in [0.25, 0.3) is 10.9 Å². The third-order valence-corrected chi connectivity index (χ3v) is 16.5. The van der Waals surface area contributed by atoms with Crippen LogP contribution in [0, 0.1) is 23.7 Å². The number of aromatic carboxylic acids is 1. The number of ketones is 1. The number of carboxylic acids is 1. The number of nitrogens with one attached hydrogen (secondary N) is 1. The highest BCUT2D eigenvalue weighted by molar-refractivity contribution is 5.93. The monoisotopic (exact) mass is 1140 g/mol. The lowest BCUT2D eigenvalue weighted by molar-refractivity contribution is -0.319. The maximum absolute atomic E-state index is 14.5. The van der Waals surface area contributed by atoms with E-state index in [1.165, 1.54) is 34.3 Å². The molecule has 3 saturated heterocycles. The molecule has 3 aliphatic heterocycles. The SMILES string of the molecule is CC[C@H]1OC(=O)[C@H](C)[C@@H](O[C@H]2C[C@@](C)(OC)[C@@H](OC(=O)NCCOCCOCCOc3ccc4c(=O)c(C(=O)O)cn(CC)c4c3)[C@H](C)O2)[C@H](C)[C@@H](O[C@@H]2O[C@H](C)C[C@H](N(C)C)[C@H]2O)[C@](C)(OC)C[C@@H](C)C(=O)[C@H](C)[C@@H](O)[C@]1(C)O. The van der Waals surface area contributed by atoms with E-state index in [9.17, 15) is 44.4 Å². The van der Waals surface area contributed by atoms with Crippen molar-refractivity contribution in [2.24, 2.45) is 23.7 Å². The number of ether oxygens (including phenoxy) is 11. The fraction of sp³-hybridized carbons (Fsp3) is 0.772. The Morgan fingerprint density at radius 1 is 0.850 bits per heavy atom. The van der Waals surface area contributed by atoms with Gasteiger partial charge in [-0.2, -0.15) is 0 Å². The van der Waals surface area contributed by atoms with Crippen LogP contribution in [0.4, 0.5) is 4.79 Å². The number of aryl methyl sites for hydroxylation is 1. The molecule has 0 bridgehead atoms. The first-order valence-electron chi connectivity index (χ1n) is 27.9. The van der Waals surface area contributed by atoms with Crippen molar-refractivity contribution in [1.29, 1.82) is 0 Å². The number of likely N-dealkylation sites (N-methyl/N-ethyl adjacent to an activating group) is 1. The summed E-state index contributed by atoms with van der Waals surface area (Å²) in [5.74, 6) is -5.69. The van der Waals surface area contributed by atoms with E-state index in [0.29, 0.717) is 24.2 Å². The van der Waals surface area contributed by atoms with Crippen LogP contribution in [0.3, 0.4) is 0 Å². The molecule has 5 N–H and O–H groups in total. The number of benzene rings is 1. The highest BCUT2D eigenvalue weighted by Crippen LogP contribution is 2.42. The van der Waals surface area contributed by atoms with E-state index < -0.39 is 119 Å². The molecule has 23 heteroatoms. The van der Waals surface area contributed by atoms with E-state index >= 15 is 0 Å². The van der Waals surface area contributed by atoms with Gasteiger partial charge in [-0.1, -0.05) is 27.7 Å². The minimum absolute atomic E-state index is 0.00509. The number of carbonyl (C=O) groups is 4. The predicted octanol–water partition coefficient (Wildman–Crippen LogP) is 4.32. The zero-order chi connectivity index (χ0) is 59.6. The average Bonchev–Trinajstić information content (AvgIpc) is 3.47. The summed E-state index contributed by atoms with van der Waals surface area (Å²) in [6.07, 6.45) is -9.26. The smallest absolute Gasteiger partial charge is 0.407 e. The molecule has 1 amide bonds. The molecule has 0 unspecified atom stereocenters. The highest BCUT2D eigenvalue weighted by atomic mass is 16.7. The van der Waals surface area contributed by atoms with Gasteiger partial charge in [0.1, 0.15) is 47.1 Å². The van der Waals surface area contributed by atoms with Crippen LogP contribution in [0.5, 0.6) is 5.75 Å². The zero-order valence-corrected chi connectivity index (χ0v) is 49.5. The summed E-state index contributed by atoms with van der Waals surface area (Å²) in [5.41, 5.74) is -4.88. The Labute approximate surface area is 470 Å². The van der Waals surface area contributed by atoms with Crippen molar-refractivity contribution in [1.82, 2.24) is 14.8 Å². The predicted molar refractivity (Wildman–Crippen MR) is 291 cm³/mol. The van der Waals surface area contributed by atoms with Crippen LogP contribution in [-0.4, -0.2) is 206 Å². The number of hydrogen-bond donors (Lipinski definition) is 5. The third kappa shape index (κ3) is 15.6. The first-order chi connectivity index (χ1) is 37.6. The Morgan fingerprint density at radius 3 is 2.10 bits per heavy atom. The minimum Gasteiger partial charge on any atom is -0.491 e. The number of carbonyl (C=O) groups excluding carboxylic acids is 3. The van der Waals surface area contributed by atoms with Crippen LogP contribution in [0.15, 0.2) is 29.2 Å². The molecule has 0 saturated carbocycles. The Bertz CT molecular complexity index is 2440. The van der Waals surface area contributed by atoms with Gasteiger partial charge in [0.05, 0.1) is 74.0 Å². The van der Waals surface area contributed by atoms with Gasteiger partial charge < -0.3 is 87.3 Å². The van der Waals surface area contributed by atoms with E-state index in [1.54, 1.807) is 64.3 Å². The first-order valence-corrected chi connectivity index (χ1v) is 27.9. The van der Waals surface area contributed by atoms with Gasteiger partial charge in [-0.3, -0.25) is 14.4 Å². The van der Waals surface area contributed by atoms with Gasteiger partial charge in [-0.05, 0) is 94.0 Å². The Hall–Kier alpha value is -4.37. The zero-order valence-electron chi connectivity index (χ0n) is 49.5. The number of rotatable bonds is 21. The second kappa shape index (κ2) is 28.7. The summed E-state index contributed by atoms with van der Waals surface area (Å²) in [6.45, 7) is 20.3. The van der Waals surface area contributed by atoms with Gasteiger partial charge in [0.25, 0.3) is 0 Å². The standard InChI is InChI=1S/C57H91N3O20/c1-16-42-57(11,69)48(64)33(5)44(61)31(3)28-55(9,70-14)49(79-53-46(63)41(59(12)13)26-32(4)75-53)34(6)47(35(7)52(67)77-42)78-43-29-56(10,71-15)50(36(8)76-43)80-54(68)58-20-21-72-22-23-73-24-25-74-37-18-19-38-40(27-37)60(17-2)30-39(45(38)62)51(65)66/h18-19,27,30-36,41-43,46-50,53,63-64,69H,16-17,20-26,28-29H2,1-15H3,(H,58,68)(H,65,66)/t31-,32-,33+,34+,35-,36+,41+,42-,43+,46-,47+,48-,49-,50+,53+,55-,56-,57-/m1/s1. The first kappa shape index (κ1) is 66.4. The molecule has 0 radical (unpaired) electrons. The molecular weight excluding hydrogens is 1050 g/mol. The molecule has 1 aromatic carbocycles. The molecule has 3 fully saturated rings. The van der Waals surface area contributed by atoms with E-state index in [0.717, 1.165) is 0 Å². The third-order valence-electron chi connectivity index (χ3n) is 16.5. The largest absolute Gasteiger partial charge is 0.491 e. The van der Waals surface area contributed by atoms with E-state index in [-0.39, 0.29) is 87.7 Å². The molecule has 3 aliphatic rings. The van der Waals surface area contributed by atoms with E-state index in [1.807, 2.05) is 39.8 Å². The van der Waals surface area contributed by atoms with Crippen molar-refractivity contribution in [3.8, 4) is 5.75 Å². The maximum atomic E-state index is 14.5. The summed E-state index contributed by atoms with van der Waals surface area (Å²) in [7, 11) is 6.68. The molecule has 4 heterocycles. The van der Waals surface area contributed by atoms with Gasteiger partial charge in [-0.15, -0.1) is 0 Å². The molecule has 1 aromatic heterocycles. The van der Waals surface area contributed by atoms with Crippen molar-refractivity contribution in [2.75, 3.05) is 67.9 Å². The summed E-state index contributed by atoms with van der Waals surface area (Å²) in [4.78, 5) is 68.2. The Kier molecular flexibility index (Phi) is 23.9. The van der Waals surface area contributed by atoms with E-state index in [2.05, 4.69) is 5.32 Å². The van der Waals surface area contributed by atoms with Crippen LogP contribution >= 0.6 is 0 Å². The number of carboxylic acid groups (broad SMARTS) is 1. The van der Waals surface area contributed by atoms with Crippen LogP contribution in [0.1, 0.15) is 112 Å². The summed E-state index contributed by atoms with van der Waals surface area (Å²) >= 11 is 0. The minimum atomic E-state index is -2.04. The maximum Gasteiger partial charge on any atom is 0.407 e. The molecule has 80 heavy (non-hydrogen) atoms. The number of amides is 1. The second-order valence-electron chi connectivity index (χ2n) is 22.7. The van der Waals surface area contributed by atoms with Crippen molar-refractivity contribution in [3.63, 3.8) is 0 Å². The van der Waals surface area contributed by atoms with E-state index in [4.69, 9.17) is 52.1 Å². The molecular formula is C57H91N3O20. The average molecular weight is 1140 g/mol. The van der Waals surface area contributed by atoms with Crippen molar-refractivity contribution in [3.05, 3.63) is 40.2 Å². The topological polar surface area (TPSA) is 288 Å². The number of methoxy groups -OCH3 is 2. The number of aromatic nitrogens is 1. The number of pyridine rings is 1. The second-order valence-corrected chi connectivity index (χ2v) is 22.7. The number of Topliss-reactive ketones (excluding diaryl/α,β-unsaturated/α-hetero) is 1. The van der Waals surface area contributed by atoms with Crippen molar-refractivity contribution in [2.45, 2.75) is 193 Å². The number of aliphatic hydroxyl groups is 3. The van der Waals surface area contributed by atoms with Crippen molar-refractivity contribution < 1.29 is 91.7 Å². The van der Waals surface area contributed by atoms with Gasteiger partial charge in [-0.25, -0.2) is 9.59 Å². The quantitative estimate of drug-likeness (QED) is 0.0859. The number of esters is 1. The van der Waals surface area contributed by atoms with Gasteiger partial charge in [0.2, 0.25) is 5.43 Å². The lowest BCUT2D eigenvalue weighted by Gasteiger charge is -2.50. The van der Waals surface area contributed by atoms with Crippen LogP contribution in [0.2, 0.25) is 0 Å². The molecule has 0 aliphatic carbocycles. The number of nitrogens with zero attached hydrogens (tertiary/aromatic N) is 2. The molecule has 18 atom stereocenters. The molecule has 454 valence electrons. The molecule has 5 rings (SSSR count). The summed E-state index contributed by atoms with van der Waals surface area (Å²) < 4.78 is 69.8. The molecule has 2 aromatic rings. The van der Waals surface area contributed by atoms with Gasteiger partial charge >= 0.3 is 18.0 Å². The number of hydrogen-bond acceptors (Lipinski definition) is 20. The lowest BCUT2D eigenvalue weighted by Crippen LogP contribution is -2.62. The Balaban J connectivity index is 1.25. The van der Waals surface area contributed by atoms with Crippen molar-refractivity contribution >= 4 is 34.7 Å². The highest BCUT2D eigenvalue weighted by Gasteiger charge is 2.55. The van der Waals surface area contributed by atoms with Crippen LogP contribution in [-0.2, 0) is 63.5 Å². The van der Waals surface area contributed by atoms with Gasteiger partial charge in [0.15, 0.2) is 18.7 Å². The summed E-state index contributed by atoms with van der Waals surface area (Å²) in [5, 5.41) is 47.6. The Morgan fingerprint density at radius 2 is 1.49 bits per heavy atom. The lowest BCUT2D eigenvalue weighted by atomic mass is 9.74. The number of alkyl carbamates (subject to hydrolysis) is 1. The number of aliphatic hydroxyl groups excluding tert-OH is 2. The fourth-order valence-electron chi connectivity index (χ4n) is 11.6. The fourth-order valence-corrected chi connectivity index (χ4v) is 11.6. The van der Waals surface area contributed by atoms with Crippen LogP contribution < -0.4 is 15.5 Å². The summed E-state index contributed by atoms with van der Waals surface area (Å²) in [6, 6.07) is 4.50. The normalized spacial score (nSPS) is 35.8. The number of cyclic esters (lactones) is 1. The molecule has 23 nitrogen and oxygen atoms in total. The van der Waals surface area contributed by atoms with Gasteiger partial charge in [0, 0.05) is 75.2 Å². The number of fused-ring (bicyclic) bond motifs is 1. The molecule has 0 spiro atoms.